The van der Waals surface area contributed by atoms with Crippen molar-refractivity contribution < 1.29 is 9.90 Å². The molecule has 0 aliphatic carbocycles. The summed E-state index contributed by atoms with van der Waals surface area (Å²) in [5.74, 6) is -0.948. The molecule has 0 spiro atoms. The van der Waals surface area contributed by atoms with E-state index < -0.39 is 5.97 Å². The predicted molar refractivity (Wildman–Crippen MR) is 69.4 cm³/mol. The smallest absolute Gasteiger partial charge is 0.307 e. The largest absolute Gasteiger partial charge is 0.481 e. The summed E-state index contributed by atoms with van der Waals surface area (Å²) in [5, 5.41) is 12.3. The van der Waals surface area contributed by atoms with E-state index in [0.29, 0.717) is 13.0 Å². The van der Waals surface area contributed by atoms with Crippen molar-refractivity contribution in [1.29, 1.82) is 0 Å². The van der Waals surface area contributed by atoms with Gasteiger partial charge in [-0.3, -0.25) is 4.79 Å². The number of benzene rings is 1. The fraction of sp³-hybridized carbons (Fsp3) is 0.462. The summed E-state index contributed by atoms with van der Waals surface area (Å²) in [7, 11) is 0. The second-order valence-electron chi connectivity index (χ2n) is 4.45. The number of carboxylic acid groups (broad SMARTS) is 1. The van der Waals surface area contributed by atoms with Crippen molar-refractivity contribution in [3.05, 3.63) is 29.3 Å². The lowest BCUT2D eigenvalue weighted by Gasteiger charge is -2.15. The van der Waals surface area contributed by atoms with Gasteiger partial charge in [0.15, 0.2) is 0 Å². The Morgan fingerprint density at radius 1 is 1.53 bits per heavy atom. The molecule has 1 aromatic rings. The molecule has 1 fully saturated rings. The van der Waals surface area contributed by atoms with Crippen LogP contribution in [0.1, 0.15) is 23.6 Å². The first-order valence-corrected chi connectivity index (χ1v) is 6.95. The van der Waals surface area contributed by atoms with Gasteiger partial charge in [0, 0.05) is 17.5 Å². The van der Waals surface area contributed by atoms with Crippen molar-refractivity contribution >= 4 is 17.7 Å². The van der Waals surface area contributed by atoms with E-state index in [1.807, 2.05) is 0 Å². The standard InChI is InChI=1S/C13H17NO2S/c1-8-3-4-10(17-2)6-11(8)12-5-9(7-14-12)13(15)16/h3-4,6,9,12,14H,5,7H2,1-2H3,(H,15,16). The zero-order valence-corrected chi connectivity index (χ0v) is 10.9. The SMILES string of the molecule is CSc1ccc(C)c(C2CC(C(=O)O)CN2)c1. The number of nitrogens with one attached hydrogen (secondary N) is 1. The van der Waals surface area contributed by atoms with Crippen LogP contribution in [0.4, 0.5) is 0 Å². The molecule has 0 saturated carbocycles. The van der Waals surface area contributed by atoms with Gasteiger partial charge in [-0.2, -0.15) is 0 Å². The molecule has 0 amide bonds. The Labute approximate surface area is 106 Å². The molecule has 0 bridgehead atoms. The third kappa shape index (κ3) is 2.64. The molecule has 1 aromatic carbocycles. The lowest BCUT2D eigenvalue weighted by molar-refractivity contribution is -0.141. The molecule has 1 saturated heterocycles. The highest BCUT2D eigenvalue weighted by Gasteiger charge is 2.30. The third-order valence-corrected chi connectivity index (χ3v) is 4.07. The van der Waals surface area contributed by atoms with Crippen LogP contribution in [0.25, 0.3) is 0 Å². The molecule has 92 valence electrons. The van der Waals surface area contributed by atoms with Crippen molar-refractivity contribution in [2.45, 2.75) is 24.3 Å². The summed E-state index contributed by atoms with van der Waals surface area (Å²) < 4.78 is 0. The number of carbonyl (C=O) groups is 1. The number of hydrogen-bond donors (Lipinski definition) is 2. The maximum atomic E-state index is 10.9. The average molecular weight is 251 g/mol. The van der Waals surface area contributed by atoms with Crippen molar-refractivity contribution in [3.63, 3.8) is 0 Å². The summed E-state index contributed by atoms with van der Waals surface area (Å²) in [4.78, 5) is 12.2. The molecular weight excluding hydrogens is 234 g/mol. The average Bonchev–Trinajstić information content (AvgIpc) is 2.79. The number of aliphatic carboxylic acids is 1. The van der Waals surface area contributed by atoms with Gasteiger partial charge in [-0.05, 0) is 42.9 Å². The Kier molecular flexibility index (Phi) is 3.74. The van der Waals surface area contributed by atoms with Gasteiger partial charge in [0.1, 0.15) is 0 Å². The minimum atomic E-state index is -0.696. The minimum absolute atomic E-state index is 0.184. The quantitative estimate of drug-likeness (QED) is 0.810. The lowest BCUT2D eigenvalue weighted by atomic mass is 9.97. The van der Waals surface area contributed by atoms with Crippen molar-refractivity contribution in [1.82, 2.24) is 5.32 Å². The molecule has 0 radical (unpaired) electrons. The van der Waals surface area contributed by atoms with Gasteiger partial charge in [0.25, 0.3) is 0 Å². The van der Waals surface area contributed by atoms with Gasteiger partial charge in [0.05, 0.1) is 5.92 Å². The van der Waals surface area contributed by atoms with Crippen LogP contribution in [0.3, 0.4) is 0 Å². The Hall–Kier alpha value is -1.00. The zero-order chi connectivity index (χ0) is 12.4. The summed E-state index contributed by atoms with van der Waals surface area (Å²) in [6.07, 6.45) is 2.74. The van der Waals surface area contributed by atoms with E-state index in [9.17, 15) is 4.79 Å². The molecule has 4 heteroatoms. The van der Waals surface area contributed by atoms with Gasteiger partial charge < -0.3 is 10.4 Å². The van der Waals surface area contributed by atoms with Crippen LogP contribution in [0, 0.1) is 12.8 Å². The Bertz CT molecular complexity index is 433. The molecular formula is C13H17NO2S. The van der Waals surface area contributed by atoms with Gasteiger partial charge in [-0.1, -0.05) is 6.07 Å². The molecule has 2 N–H and O–H groups in total. The van der Waals surface area contributed by atoms with Gasteiger partial charge in [-0.15, -0.1) is 11.8 Å². The molecule has 2 rings (SSSR count). The Morgan fingerprint density at radius 2 is 2.29 bits per heavy atom. The van der Waals surface area contributed by atoms with Crippen LogP contribution in [0.15, 0.2) is 23.1 Å². The Balaban J connectivity index is 2.20. The molecule has 3 nitrogen and oxygen atoms in total. The highest BCUT2D eigenvalue weighted by molar-refractivity contribution is 7.98. The van der Waals surface area contributed by atoms with Crippen LogP contribution in [-0.2, 0) is 4.79 Å². The molecule has 1 aliphatic rings. The summed E-state index contributed by atoms with van der Waals surface area (Å²) in [6.45, 7) is 2.65. The van der Waals surface area contributed by atoms with Crippen LogP contribution < -0.4 is 5.32 Å². The molecule has 2 atom stereocenters. The van der Waals surface area contributed by atoms with E-state index >= 15 is 0 Å². The number of thioether (sulfide) groups is 1. The van der Waals surface area contributed by atoms with Gasteiger partial charge >= 0.3 is 5.97 Å². The highest BCUT2D eigenvalue weighted by atomic mass is 32.2. The van der Waals surface area contributed by atoms with Crippen molar-refractivity contribution in [2.75, 3.05) is 12.8 Å². The highest BCUT2D eigenvalue weighted by Crippen LogP contribution is 2.31. The van der Waals surface area contributed by atoms with Crippen LogP contribution in [0.2, 0.25) is 0 Å². The summed E-state index contributed by atoms with van der Waals surface area (Å²) in [5.41, 5.74) is 2.46. The fourth-order valence-electron chi connectivity index (χ4n) is 2.28. The van der Waals surface area contributed by atoms with E-state index in [-0.39, 0.29) is 12.0 Å². The third-order valence-electron chi connectivity index (χ3n) is 3.34. The second kappa shape index (κ2) is 5.10. The fourth-order valence-corrected chi connectivity index (χ4v) is 2.73. The minimum Gasteiger partial charge on any atom is -0.481 e. The van der Waals surface area contributed by atoms with Gasteiger partial charge in [0.2, 0.25) is 0 Å². The van der Waals surface area contributed by atoms with E-state index in [4.69, 9.17) is 5.11 Å². The van der Waals surface area contributed by atoms with E-state index in [2.05, 4.69) is 36.7 Å². The zero-order valence-electron chi connectivity index (χ0n) is 10.1. The van der Waals surface area contributed by atoms with E-state index in [1.165, 1.54) is 16.0 Å². The number of carboxylic acids is 1. The number of rotatable bonds is 3. The molecule has 1 aliphatic heterocycles. The normalized spacial score (nSPS) is 23.9. The lowest BCUT2D eigenvalue weighted by Crippen LogP contribution is -2.17. The number of aryl methyl sites for hydroxylation is 1. The Morgan fingerprint density at radius 3 is 2.88 bits per heavy atom. The van der Waals surface area contributed by atoms with Crippen LogP contribution in [-0.4, -0.2) is 23.9 Å². The predicted octanol–water partition coefficient (Wildman–Crippen LogP) is 2.45. The number of hydrogen-bond acceptors (Lipinski definition) is 3. The first-order valence-electron chi connectivity index (χ1n) is 5.72. The first kappa shape index (κ1) is 12.5. The molecule has 1 heterocycles. The molecule has 0 aromatic heterocycles. The van der Waals surface area contributed by atoms with E-state index in [1.54, 1.807) is 11.8 Å². The van der Waals surface area contributed by atoms with Crippen LogP contribution >= 0.6 is 11.8 Å². The van der Waals surface area contributed by atoms with Crippen LogP contribution in [0.5, 0.6) is 0 Å². The monoisotopic (exact) mass is 251 g/mol. The van der Waals surface area contributed by atoms with Crippen molar-refractivity contribution in [2.24, 2.45) is 5.92 Å². The first-order chi connectivity index (χ1) is 8.11. The topological polar surface area (TPSA) is 49.3 Å². The molecule has 2 unspecified atom stereocenters. The van der Waals surface area contributed by atoms with Crippen molar-refractivity contribution in [3.8, 4) is 0 Å². The van der Waals surface area contributed by atoms with Gasteiger partial charge in [-0.25, -0.2) is 0 Å². The molecule has 17 heavy (non-hydrogen) atoms. The second-order valence-corrected chi connectivity index (χ2v) is 5.33. The summed E-state index contributed by atoms with van der Waals surface area (Å²) >= 11 is 1.71. The summed E-state index contributed by atoms with van der Waals surface area (Å²) in [6, 6.07) is 6.56. The maximum Gasteiger partial charge on any atom is 0.307 e. The maximum absolute atomic E-state index is 10.9. The van der Waals surface area contributed by atoms with E-state index in [0.717, 1.165) is 0 Å².